The molecule has 5 nitrogen and oxygen atoms in total. The van der Waals surface area contributed by atoms with Gasteiger partial charge in [-0.25, -0.2) is 18.0 Å². The first-order chi connectivity index (χ1) is 7.04. The van der Waals surface area contributed by atoms with Crippen molar-refractivity contribution in [3.8, 4) is 0 Å². The van der Waals surface area contributed by atoms with Crippen LogP contribution in [0.25, 0.3) is 0 Å². The topological polar surface area (TPSA) is 57.0 Å². The van der Waals surface area contributed by atoms with Gasteiger partial charge in [0, 0.05) is 0 Å². The molecule has 1 aromatic heterocycles. The molecule has 0 fully saturated rings. The lowest BCUT2D eigenvalue weighted by molar-refractivity contribution is 0.0361. The summed E-state index contributed by atoms with van der Waals surface area (Å²) < 4.78 is 40.5. The largest absolute Gasteiger partial charge is 0.464 e. The number of hydrogen-bond donors (Lipinski definition) is 0. The number of alkyl halides is 3. The SMILES string of the molecule is COC(=O)c1cnn(CC(F)C(F)F)n1. The molecule has 0 aliphatic heterocycles. The molecular weight excluding hydrogens is 215 g/mol. The van der Waals surface area contributed by atoms with Crippen LogP contribution in [0, 0.1) is 0 Å². The van der Waals surface area contributed by atoms with E-state index >= 15 is 0 Å². The minimum atomic E-state index is -3.10. The molecule has 0 amide bonds. The molecule has 0 aromatic carbocycles. The van der Waals surface area contributed by atoms with Gasteiger partial charge in [-0.2, -0.15) is 9.90 Å². The van der Waals surface area contributed by atoms with Crippen LogP contribution in [0.15, 0.2) is 6.20 Å². The third-order valence-electron chi connectivity index (χ3n) is 1.54. The number of rotatable bonds is 4. The highest BCUT2D eigenvalue weighted by molar-refractivity contribution is 5.86. The van der Waals surface area contributed by atoms with Crippen LogP contribution in [-0.4, -0.2) is 40.7 Å². The van der Waals surface area contributed by atoms with Gasteiger partial charge in [-0.1, -0.05) is 0 Å². The van der Waals surface area contributed by atoms with Crippen molar-refractivity contribution in [1.29, 1.82) is 0 Å². The van der Waals surface area contributed by atoms with Gasteiger partial charge in [0.1, 0.15) is 0 Å². The molecular formula is C7H8F3N3O2. The summed E-state index contributed by atoms with van der Waals surface area (Å²) in [7, 11) is 1.14. The summed E-state index contributed by atoms with van der Waals surface area (Å²) in [6.45, 7) is -0.700. The Kier molecular flexibility index (Phi) is 3.64. The number of hydrogen-bond acceptors (Lipinski definition) is 4. The van der Waals surface area contributed by atoms with Crippen molar-refractivity contribution in [3.63, 3.8) is 0 Å². The predicted octanol–water partition coefficient (Wildman–Crippen LogP) is 0.668. The van der Waals surface area contributed by atoms with Crippen LogP contribution in [-0.2, 0) is 11.3 Å². The van der Waals surface area contributed by atoms with Gasteiger partial charge in [-0.05, 0) is 0 Å². The summed E-state index contributed by atoms with van der Waals surface area (Å²) in [5.41, 5.74) is -0.154. The molecule has 1 unspecified atom stereocenters. The number of ether oxygens (including phenoxy) is 1. The third-order valence-corrected chi connectivity index (χ3v) is 1.54. The molecule has 84 valence electrons. The maximum atomic E-state index is 12.5. The van der Waals surface area contributed by atoms with Crippen molar-refractivity contribution in [2.24, 2.45) is 0 Å². The number of carbonyl (C=O) groups excluding carboxylic acids is 1. The van der Waals surface area contributed by atoms with E-state index in [4.69, 9.17) is 0 Å². The summed E-state index contributed by atoms with van der Waals surface area (Å²) in [6, 6.07) is 0. The van der Waals surface area contributed by atoms with Crippen molar-refractivity contribution < 1.29 is 22.7 Å². The van der Waals surface area contributed by atoms with Crippen LogP contribution in [0.5, 0.6) is 0 Å². The molecule has 0 saturated carbocycles. The van der Waals surface area contributed by atoms with Gasteiger partial charge in [0.25, 0.3) is 6.43 Å². The van der Waals surface area contributed by atoms with Gasteiger partial charge < -0.3 is 4.74 Å². The summed E-state index contributed by atoms with van der Waals surface area (Å²) in [6.07, 6.45) is -4.44. The zero-order chi connectivity index (χ0) is 11.4. The van der Waals surface area contributed by atoms with E-state index in [1.54, 1.807) is 0 Å². The van der Waals surface area contributed by atoms with E-state index in [2.05, 4.69) is 14.9 Å². The Labute approximate surface area is 82.8 Å². The minimum absolute atomic E-state index is 0.154. The van der Waals surface area contributed by atoms with E-state index in [-0.39, 0.29) is 5.69 Å². The van der Waals surface area contributed by atoms with Crippen molar-refractivity contribution in [1.82, 2.24) is 15.0 Å². The van der Waals surface area contributed by atoms with Gasteiger partial charge in [0.05, 0.1) is 19.9 Å². The van der Waals surface area contributed by atoms with E-state index in [0.29, 0.717) is 4.80 Å². The Bertz CT molecular complexity index is 342. The highest BCUT2D eigenvalue weighted by atomic mass is 19.3. The monoisotopic (exact) mass is 223 g/mol. The first kappa shape index (κ1) is 11.5. The zero-order valence-corrected chi connectivity index (χ0v) is 7.73. The first-order valence-electron chi connectivity index (χ1n) is 3.95. The molecule has 0 radical (unpaired) electrons. The van der Waals surface area contributed by atoms with Crippen LogP contribution in [0.3, 0.4) is 0 Å². The predicted molar refractivity (Wildman–Crippen MR) is 42.3 cm³/mol. The molecule has 0 saturated heterocycles. The lowest BCUT2D eigenvalue weighted by Gasteiger charge is -2.04. The zero-order valence-electron chi connectivity index (χ0n) is 7.73. The van der Waals surface area contributed by atoms with Gasteiger partial charge in [-0.3, -0.25) is 0 Å². The second-order valence-corrected chi connectivity index (χ2v) is 2.63. The van der Waals surface area contributed by atoms with E-state index < -0.39 is 25.1 Å². The van der Waals surface area contributed by atoms with Crippen LogP contribution in [0.4, 0.5) is 13.2 Å². The van der Waals surface area contributed by atoms with E-state index in [1.807, 2.05) is 0 Å². The second-order valence-electron chi connectivity index (χ2n) is 2.63. The summed E-state index contributed by atoms with van der Waals surface area (Å²) in [5.74, 6) is -0.756. The van der Waals surface area contributed by atoms with E-state index in [1.165, 1.54) is 0 Å². The second kappa shape index (κ2) is 4.76. The molecule has 1 heterocycles. The normalized spacial score (nSPS) is 12.9. The Morgan fingerprint density at radius 1 is 1.60 bits per heavy atom. The molecule has 8 heteroatoms. The number of aromatic nitrogens is 3. The molecule has 0 spiro atoms. The average molecular weight is 223 g/mol. The van der Waals surface area contributed by atoms with Gasteiger partial charge in [-0.15, -0.1) is 5.10 Å². The average Bonchev–Trinajstić information content (AvgIpc) is 2.65. The fraction of sp³-hybridized carbons (Fsp3) is 0.571. The maximum absolute atomic E-state index is 12.5. The van der Waals surface area contributed by atoms with Crippen molar-refractivity contribution >= 4 is 5.97 Å². The molecule has 0 aliphatic carbocycles. The molecule has 0 bridgehead atoms. The number of nitrogens with zero attached hydrogens (tertiary/aromatic N) is 3. The van der Waals surface area contributed by atoms with Gasteiger partial charge >= 0.3 is 5.97 Å². The molecule has 0 aliphatic rings. The lowest BCUT2D eigenvalue weighted by atomic mass is 10.4. The van der Waals surface area contributed by atoms with Gasteiger partial charge in [0.2, 0.25) is 0 Å². The number of halogens is 3. The molecule has 1 rings (SSSR count). The fourth-order valence-electron chi connectivity index (χ4n) is 0.819. The van der Waals surface area contributed by atoms with Gasteiger partial charge in [0.15, 0.2) is 11.9 Å². The first-order valence-corrected chi connectivity index (χ1v) is 3.95. The van der Waals surface area contributed by atoms with Crippen molar-refractivity contribution in [2.45, 2.75) is 19.1 Å². The van der Waals surface area contributed by atoms with Crippen LogP contribution in [0.2, 0.25) is 0 Å². The molecule has 1 atom stereocenters. The summed E-state index contributed by atoms with van der Waals surface area (Å²) in [5, 5.41) is 6.90. The summed E-state index contributed by atoms with van der Waals surface area (Å²) in [4.78, 5) is 11.6. The Hall–Kier alpha value is -1.60. The highest BCUT2D eigenvalue weighted by Gasteiger charge is 2.21. The Morgan fingerprint density at radius 2 is 2.27 bits per heavy atom. The standard InChI is InChI=1S/C7H8F3N3O2/c1-15-7(14)5-2-11-13(12-5)3-4(8)6(9)10/h2,4,6H,3H2,1H3. The van der Waals surface area contributed by atoms with Crippen LogP contribution in [0.1, 0.15) is 10.5 Å². The quantitative estimate of drug-likeness (QED) is 0.704. The minimum Gasteiger partial charge on any atom is -0.464 e. The number of methoxy groups -OCH3 is 1. The smallest absolute Gasteiger partial charge is 0.360 e. The van der Waals surface area contributed by atoms with Crippen molar-refractivity contribution in [2.75, 3.05) is 7.11 Å². The Balaban J connectivity index is 2.64. The third kappa shape index (κ3) is 2.93. The Morgan fingerprint density at radius 3 is 2.80 bits per heavy atom. The van der Waals surface area contributed by atoms with Crippen LogP contribution < -0.4 is 0 Å². The molecule has 1 aromatic rings. The number of esters is 1. The lowest BCUT2D eigenvalue weighted by Crippen LogP contribution is -2.21. The van der Waals surface area contributed by atoms with Crippen molar-refractivity contribution in [3.05, 3.63) is 11.9 Å². The molecule has 15 heavy (non-hydrogen) atoms. The fourth-order valence-corrected chi connectivity index (χ4v) is 0.819. The van der Waals surface area contributed by atoms with Crippen LogP contribution >= 0.6 is 0 Å². The number of carbonyl (C=O) groups is 1. The molecule has 0 N–H and O–H groups in total. The van der Waals surface area contributed by atoms with E-state index in [9.17, 15) is 18.0 Å². The maximum Gasteiger partial charge on any atom is 0.360 e. The van der Waals surface area contributed by atoms with E-state index in [0.717, 1.165) is 13.3 Å². The highest BCUT2D eigenvalue weighted by Crippen LogP contribution is 2.07. The summed E-state index contributed by atoms with van der Waals surface area (Å²) >= 11 is 0.